The number of rotatable bonds is 6. The van der Waals surface area contributed by atoms with Crippen LogP contribution in [-0.4, -0.2) is 41.2 Å². The van der Waals surface area contributed by atoms with Crippen LogP contribution in [0.5, 0.6) is 0 Å². The van der Waals surface area contributed by atoms with Gasteiger partial charge in [0.1, 0.15) is 12.2 Å². The smallest absolute Gasteiger partial charge is 0.248 e. The molecule has 0 atom stereocenters. The van der Waals surface area contributed by atoms with E-state index in [4.69, 9.17) is 0 Å². The van der Waals surface area contributed by atoms with Crippen molar-refractivity contribution in [2.24, 2.45) is 0 Å². The highest BCUT2D eigenvalue weighted by Crippen LogP contribution is 2.22. The van der Waals surface area contributed by atoms with Crippen molar-refractivity contribution >= 4 is 23.6 Å². The summed E-state index contributed by atoms with van der Waals surface area (Å²) in [5.41, 5.74) is 2.15. The van der Waals surface area contributed by atoms with E-state index in [9.17, 15) is 4.79 Å². The number of nitrogens with zero attached hydrogens (tertiary/aromatic N) is 6. The molecule has 0 saturated carbocycles. The van der Waals surface area contributed by atoms with Crippen LogP contribution in [0, 0.1) is 13.8 Å². The number of hydrogen-bond acceptors (Lipinski definition) is 6. The van der Waals surface area contributed by atoms with Crippen LogP contribution in [0.3, 0.4) is 0 Å². The van der Waals surface area contributed by atoms with Crippen molar-refractivity contribution in [3.05, 3.63) is 42.0 Å². The number of carbonyl (C=O) groups is 1. The van der Waals surface area contributed by atoms with Crippen molar-refractivity contribution in [3.8, 4) is 5.69 Å². The summed E-state index contributed by atoms with van der Waals surface area (Å²) in [4.78, 5) is 16.1. The largest absolute Gasteiger partial charge is 0.292 e. The molecule has 3 rings (SSSR count). The van der Waals surface area contributed by atoms with Gasteiger partial charge in [-0.2, -0.15) is 0 Å². The molecule has 1 N–H and O–H groups in total. The van der Waals surface area contributed by atoms with Gasteiger partial charge in [-0.15, -0.1) is 15.3 Å². The topological polar surface area (TPSA) is 90.5 Å². The summed E-state index contributed by atoms with van der Waals surface area (Å²) in [6.07, 6.45) is 1.58. The van der Waals surface area contributed by atoms with Crippen molar-refractivity contribution in [2.75, 3.05) is 11.1 Å². The molecule has 25 heavy (non-hydrogen) atoms. The van der Waals surface area contributed by atoms with E-state index in [-0.39, 0.29) is 11.7 Å². The van der Waals surface area contributed by atoms with E-state index < -0.39 is 0 Å². The Kier molecular flexibility index (Phi) is 5.13. The highest BCUT2D eigenvalue weighted by molar-refractivity contribution is 7.99. The number of nitrogens with one attached hydrogen (secondary N) is 1. The van der Waals surface area contributed by atoms with Crippen molar-refractivity contribution < 1.29 is 4.79 Å². The molecule has 0 spiro atoms. The van der Waals surface area contributed by atoms with Crippen LogP contribution in [0.25, 0.3) is 5.69 Å². The highest BCUT2D eigenvalue weighted by atomic mass is 32.2. The molecule has 1 amide bonds. The van der Waals surface area contributed by atoms with Crippen LogP contribution in [0.15, 0.2) is 35.7 Å². The summed E-state index contributed by atoms with van der Waals surface area (Å²) < 4.78 is 3.58. The monoisotopic (exact) mass is 357 g/mol. The Labute approximate surface area is 149 Å². The van der Waals surface area contributed by atoms with Crippen LogP contribution >= 0.6 is 11.8 Å². The SMILES string of the molecule is CCn1cnc(NC(=O)CSc2nnc(C)n2-c2ccc(C)cc2)n1. The maximum atomic E-state index is 12.1. The normalized spacial score (nSPS) is 10.8. The number of thioether (sulfide) groups is 1. The third-order valence-electron chi connectivity index (χ3n) is 3.53. The molecular weight excluding hydrogens is 338 g/mol. The van der Waals surface area contributed by atoms with E-state index in [1.807, 2.05) is 49.6 Å². The second-order valence-corrected chi connectivity index (χ2v) is 6.40. The molecule has 9 heteroatoms. The molecule has 0 aliphatic rings. The van der Waals surface area contributed by atoms with E-state index in [1.54, 1.807) is 11.0 Å². The zero-order valence-corrected chi connectivity index (χ0v) is 15.1. The number of amides is 1. The lowest BCUT2D eigenvalue weighted by atomic mass is 10.2. The summed E-state index contributed by atoms with van der Waals surface area (Å²) >= 11 is 1.32. The predicted octanol–water partition coefficient (Wildman–Crippen LogP) is 2.23. The van der Waals surface area contributed by atoms with E-state index in [2.05, 4.69) is 25.6 Å². The zero-order valence-electron chi connectivity index (χ0n) is 14.3. The fourth-order valence-electron chi connectivity index (χ4n) is 2.22. The van der Waals surface area contributed by atoms with Gasteiger partial charge in [0.2, 0.25) is 11.9 Å². The number of anilines is 1. The Hall–Kier alpha value is -2.68. The number of hydrogen-bond donors (Lipinski definition) is 1. The first-order chi connectivity index (χ1) is 12.1. The van der Waals surface area contributed by atoms with E-state index in [0.717, 1.165) is 11.5 Å². The van der Waals surface area contributed by atoms with E-state index in [0.29, 0.717) is 17.6 Å². The lowest BCUT2D eigenvalue weighted by molar-refractivity contribution is -0.113. The molecule has 0 bridgehead atoms. The van der Waals surface area contributed by atoms with E-state index >= 15 is 0 Å². The Morgan fingerprint density at radius 3 is 2.64 bits per heavy atom. The fourth-order valence-corrected chi connectivity index (χ4v) is 3.02. The van der Waals surface area contributed by atoms with Crippen LogP contribution in [0.2, 0.25) is 0 Å². The van der Waals surface area contributed by atoms with Crippen molar-refractivity contribution in [3.63, 3.8) is 0 Å². The first-order valence-corrected chi connectivity index (χ1v) is 8.86. The molecular formula is C16H19N7OS. The highest BCUT2D eigenvalue weighted by Gasteiger charge is 2.14. The van der Waals surface area contributed by atoms with Gasteiger partial charge in [-0.3, -0.25) is 19.4 Å². The van der Waals surface area contributed by atoms with Crippen molar-refractivity contribution in [2.45, 2.75) is 32.5 Å². The first kappa shape index (κ1) is 17.2. The fraction of sp³-hybridized carbons (Fsp3) is 0.312. The van der Waals surface area contributed by atoms with Gasteiger partial charge in [0.05, 0.1) is 5.75 Å². The van der Waals surface area contributed by atoms with Gasteiger partial charge in [-0.25, -0.2) is 4.98 Å². The zero-order chi connectivity index (χ0) is 17.8. The molecule has 0 radical (unpaired) electrons. The summed E-state index contributed by atoms with van der Waals surface area (Å²) in [6.45, 7) is 6.59. The number of aryl methyl sites for hydroxylation is 3. The number of benzene rings is 1. The Morgan fingerprint density at radius 2 is 1.96 bits per heavy atom. The summed E-state index contributed by atoms with van der Waals surface area (Å²) in [7, 11) is 0. The molecule has 0 aliphatic carbocycles. The van der Waals surface area contributed by atoms with Gasteiger partial charge in [0, 0.05) is 12.2 Å². The molecule has 0 saturated heterocycles. The molecule has 3 aromatic rings. The lowest BCUT2D eigenvalue weighted by Crippen LogP contribution is -2.16. The molecule has 8 nitrogen and oxygen atoms in total. The summed E-state index contributed by atoms with van der Waals surface area (Å²) in [5.74, 6) is 1.10. The van der Waals surface area contributed by atoms with E-state index in [1.165, 1.54) is 17.3 Å². The maximum Gasteiger partial charge on any atom is 0.248 e. The summed E-state index contributed by atoms with van der Waals surface area (Å²) in [5, 5.41) is 15.8. The third kappa shape index (κ3) is 4.05. The van der Waals surface area contributed by atoms with Gasteiger partial charge in [-0.1, -0.05) is 29.5 Å². The molecule has 130 valence electrons. The van der Waals surface area contributed by atoms with Crippen LogP contribution in [-0.2, 0) is 11.3 Å². The second-order valence-electron chi connectivity index (χ2n) is 5.46. The quantitative estimate of drug-likeness (QED) is 0.680. The third-order valence-corrected chi connectivity index (χ3v) is 4.46. The van der Waals surface area contributed by atoms with Crippen molar-refractivity contribution in [1.82, 2.24) is 29.5 Å². The van der Waals surface area contributed by atoms with Crippen LogP contribution in [0.4, 0.5) is 5.95 Å². The maximum absolute atomic E-state index is 12.1. The first-order valence-electron chi connectivity index (χ1n) is 7.88. The van der Waals surface area contributed by atoms with Gasteiger partial charge >= 0.3 is 0 Å². The number of carbonyl (C=O) groups excluding carboxylic acids is 1. The Morgan fingerprint density at radius 1 is 1.20 bits per heavy atom. The van der Waals surface area contributed by atoms with Gasteiger partial charge in [-0.05, 0) is 32.9 Å². The molecule has 0 unspecified atom stereocenters. The van der Waals surface area contributed by atoms with Crippen LogP contribution < -0.4 is 5.32 Å². The molecule has 0 aliphatic heterocycles. The lowest BCUT2D eigenvalue weighted by Gasteiger charge is -2.08. The van der Waals surface area contributed by atoms with Gasteiger partial charge < -0.3 is 0 Å². The average molecular weight is 357 g/mol. The minimum atomic E-state index is -0.185. The molecule has 2 heterocycles. The predicted molar refractivity (Wildman–Crippen MR) is 95.9 cm³/mol. The molecule has 2 aromatic heterocycles. The van der Waals surface area contributed by atoms with Crippen LogP contribution in [0.1, 0.15) is 18.3 Å². The minimum Gasteiger partial charge on any atom is -0.292 e. The van der Waals surface area contributed by atoms with Gasteiger partial charge in [0.25, 0.3) is 0 Å². The standard InChI is InChI=1S/C16H19N7OS/c1-4-22-10-17-15(21-22)18-14(24)9-25-16-20-19-12(3)23(16)13-7-5-11(2)6-8-13/h5-8,10H,4,9H2,1-3H3,(H,18,21,24). The van der Waals surface area contributed by atoms with Gasteiger partial charge in [0.15, 0.2) is 5.16 Å². The minimum absolute atomic E-state index is 0.185. The Bertz CT molecular complexity index is 869. The average Bonchev–Trinajstić information content (AvgIpc) is 3.20. The molecule has 0 fully saturated rings. The molecule has 1 aromatic carbocycles. The summed E-state index contributed by atoms with van der Waals surface area (Å²) in [6, 6.07) is 8.09. The second kappa shape index (κ2) is 7.47. The Balaban J connectivity index is 1.67. The number of aromatic nitrogens is 6. The van der Waals surface area contributed by atoms with Crippen molar-refractivity contribution in [1.29, 1.82) is 0 Å².